The average molecular weight is 378 g/mol. The summed E-state index contributed by atoms with van der Waals surface area (Å²) in [6.45, 7) is 3.38. The van der Waals surface area contributed by atoms with Crippen LogP contribution in [0, 0.1) is 6.92 Å². The second-order valence-corrected chi connectivity index (χ2v) is 7.14. The zero-order chi connectivity index (χ0) is 19.3. The maximum atomic E-state index is 13.4. The van der Waals surface area contributed by atoms with Crippen LogP contribution in [0.1, 0.15) is 28.2 Å². The molecule has 0 N–H and O–H groups in total. The Hall–Kier alpha value is -3.29. The van der Waals surface area contributed by atoms with Crippen LogP contribution >= 0.6 is 0 Å². The third-order valence-corrected chi connectivity index (χ3v) is 5.30. The van der Waals surface area contributed by atoms with Gasteiger partial charge in [0.05, 0.1) is 47.6 Å². The minimum absolute atomic E-state index is 0.0759. The molecule has 0 spiro atoms. The molecule has 3 aromatic heterocycles. The van der Waals surface area contributed by atoms with Crippen LogP contribution in [0.4, 0.5) is 15.9 Å². The number of aryl methyl sites for hydroxylation is 1. The van der Waals surface area contributed by atoms with Gasteiger partial charge in [-0.05, 0) is 37.6 Å². The lowest BCUT2D eigenvalue weighted by molar-refractivity contribution is 0.0996. The van der Waals surface area contributed by atoms with Crippen molar-refractivity contribution >= 4 is 17.4 Å². The van der Waals surface area contributed by atoms with Crippen LogP contribution in [0.25, 0.3) is 5.69 Å². The number of hydrogen-bond acceptors (Lipinski definition) is 5. The number of amides is 1. The first-order valence-electron chi connectivity index (χ1n) is 9.27. The Morgan fingerprint density at radius 3 is 2.79 bits per heavy atom. The van der Waals surface area contributed by atoms with Crippen LogP contribution < -0.4 is 9.80 Å². The van der Waals surface area contributed by atoms with Gasteiger partial charge in [0, 0.05) is 18.9 Å². The maximum Gasteiger partial charge on any atom is 0.262 e. The van der Waals surface area contributed by atoms with Crippen molar-refractivity contribution in [3.05, 3.63) is 59.8 Å². The first-order chi connectivity index (χ1) is 13.6. The average Bonchev–Trinajstić information content (AvgIpc) is 3.39. The van der Waals surface area contributed by atoms with E-state index in [2.05, 4.69) is 15.1 Å². The SMILES string of the molecule is Cc1ncccc1N1Cc2nn(-c3ccc(N4CC[C@H](F)C4)nc3)cc2C1=O. The monoisotopic (exact) mass is 378 g/mol. The summed E-state index contributed by atoms with van der Waals surface area (Å²) in [5.74, 6) is 0.686. The van der Waals surface area contributed by atoms with Crippen LogP contribution in [0.15, 0.2) is 42.9 Å². The highest BCUT2D eigenvalue weighted by molar-refractivity contribution is 6.09. The fourth-order valence-corrected chi connectivity index (χ4v) is 3.79. The molecule has 0 saturated carbocycles. The predicted octanol–water partition coefficient (Wildman–Crippen LogP) is 2.68. The number of rotatable bonds is 3. The topological polar surface area (TPSA) is 67.2 Å². The van der Waals surface area contributed by atoms with E-state index in [4.69, 9.17) is 0 Å². The van der Waals surface area contributed by atoms with Gasteiger partial charge in [-0.3, -0.25) is 9.78 Å². The van der Waals surface area contributed by atoms with Crippen molar-refractivity contribution in [3.8, 4) is 5.69 Å². The molecular formula is C20H19FN6O. The molecule has 2 aliphatic rings. The number of halogens is 1. The molecule has 0 radical (unpaired) electrons. The van der Waals surface area contributed by atoms with Crippen LogP contribution in [0.3, 0.4) is 0 Å². The van der Waals surface area contributed by atoms with Crippen LogP contribution in [-0.2, 0) is 6.54 Å². The minimum Gasteiger partial charge on any atom is -0.354 e. The number of nitrogens with zero attached hydrogens (tertiary/aromatic N) is 6. The van der Waals surface area contributed by atoms with Crippen molar-refractivity contribution in [1.82, 2.24) is 19.7 Å². The Balaban J connectivity index is 1.38. The standard InChI is InChI=1S/C20H19FN6O/c1-13-18(3-2-7-22-13)26-12-17-16(20(26)28)11-27(24-17)15-4-5-19(23-9-15)25-8-6-14(21)10-25/h2-5,7,9,11,14H,6,8,10,12H2,1H3/t14-/m0/s1. The highest BCUT2D eigenvalue weighted by Crippen LogP contribution is 2.29. The van der Waals surface area contributed by atoms with E-state index in [0.29, 0.717) is 31.6 Å². The molecule has 28 heavy (non-hydrogen) atoms. The molecule has 5 rings (SSSR count). The van der Waals surface area contributed by atoms with E-state index in [0.717, 1.165) is 28.6 Å². The van der Waals surface area contributed by atoms with Gasteiger partial charge >= 0.3 is 0 Å². The Bertz CT molecular complexity index is 1050. The van der Waals surface area contributed by atoms with Crippen molar-refractivity contribution < 1.29 is 9.18 Å². The van der Waals surface area contributed by atoms with E-state index in [9.17, 15) is 9.18 Å². The van der Waals surface area contributed by atoms with Crippen molar-refractivity contribution in [3.63, 3.8) is 0 Å². The zero-order valence-corrected chi connectivity index (χ0v) is 15.4. The van der Waals surface area contributed by atoms with E-state index in [1.807, 2.05) is 36.1 Å². The molecule has 1 atom stereocenters. The number of carbonyl (C=O) groups excluding carboxylic acids is 1. The molecule has 142 valence electrons. The van der Waals surface area contributed by atoms with Gasteiger partial charge in [0.2, 0.25) is 0 Å². The summed E-state index contributed by atoms with van der Waals surface area (Å²) in [5, 5.41) is 4.58. The number of carbonyl (C=O) groups is 1. The zero-order valence-electron chi connectivity index (χ0n) is 15.4. The molecule has 0 aliphatic carbocycles. The lowest BCUT2D eigenvalue weighted by Gasteiger charge is -2.18. The fraction of sp³-hybridized carbons (Fsp3) is 0.300. The molecule has 1 saturated heterocycles. The first kappa shape index (κ1) is 16.9. The smallest absolute Gasteiger partial charge is 0.262 e. The molecule has 7 nitrogen and oxygen atoms in total. The third kappa shape index (κ3) is 2.72. The quantitative estimate of drug-likeness (QED) is 0.701. The van der Waals surface area contributed by atoms with Crippen LogP contribution in [0.2, 0.25) is 0 Å². The van der Waals surface area contributed by atoms with E-state index in [1.54, 1.807) is 28.2 Å². The second kappa shape index (κ2) is 6.40. The third-order valence-electron chi connectivity index (χ3n) is 5.30. The van der Waals surface area contributed by atoms with Gasteiger partial charge in [0.1, 0.15) is 12.0 Å². The highest BCUT2D eigenvalue weighted by Gasteiger charge is 2.33. The van der Waals surface area contributed by atoms with Gasteiger partial charge in [-0.2, -0.15) is 5.10 Å². The number of alkyl halides is 1. The van der Waals surface area contributed by atoms with E-state index < -0.39 is 6.17 Å². The van der Waals surface area contributed by atoms with Gasteiger partial charge < -0.3 is 9.80 Å². The van der Waals surface area contributed by atoms with E-state index >= 15 is 0 Å². The molecule has 0 unspecified atom stereocenters. The van der Waals surface area contributed by atoms with Gasteiger partial charge in [0.15, 0.2) is 0 Å². The van der Waals surface area contributed by atoms with Crippen molar-refractivity contribution in [1.29, 1.82) is 0 Å². The first-order valence-corrected chi connectivity index (χ1v) is 9.27. The Kier molecular flexibility index (Phi) is 3.85. The minimum atomic E-state index is -0.784. The lowest BCUT2D eigenvalue weighted by Crippen LogP contribution is -2.25. The Morgan fingerprint density at radius 2 is 2.11 bits per heavy atom. The summed E-state index contributed by atoms with van der Waals surface area (Å²) in [7, 11) is 0. The molecule has 2 aliphatic heterocycles. The summed E-state index contributed by atoms with van der Waals surface area (Å²) in [4.78, 5) is 25.2. The summed E-state index contributed by atoms with van der Waals surface area (Å²) in [6.07, 6.45) is 4.92. The predicted molar refractivity (Wildman–Crippen MR) is 103 cm³/mol. The molecule has 5 heterocycles. The van der Waals surface area contributed by atoms with E-state index in [-0.39, 0.29) is 5.91 Å². The molecule has 0 aromatic carbocycles. The molecule has 0 bridgehead atoms. The number of pyridine rings is 2. The van der Waals surface area contributed by atoms with Crippen molar-refractivity contribution in [2.75, 3.05) is 22.9 Å². The molecular weight excluding hydrogens is 359 g/mol. The van der Waals surface area contributed by atoms with Crippen LogP contribution in [-0.4, -0.2) is 44.9 Å². The molecule has 8 heteroatoms. The number of anilines is 2. The largest absolute Gasteiger partial charge is 0.354 e. The van der Waals surface area contributed by atoms with Gasteiger partial charge in [-0.25, -0.2) is 14.1 Å². The Morgan fingerprint density at radius 1 is 1.21 bits per heavy atom. The summed E-state index contributed by atoms with van der Waals surface area (Å²) in [6, 6.07) is 7.48. The maximum absolute atomic E-state index is 13.4. The molecule has 3 aromatic rings. The number of fused-ring (bicyclic) bond motifs is 1. The summed E-state index contributed by atoms with van der Waals surface area (Å²) < 4.78 is 15.1. The second-order valence-electron chi connectivity index (χ2n) is 7.14. The van der Waals surface area contributed by atoms with Crippen molar-refractivity contribution in [2.45, 2.75) is 26.1 Å². The van der Waals surface area contributed by atoms with Crippen LogP contribution in [0.5, 0.6) is 0 Å². The number of aromatic nitrogens is 4. The fourth-order valence-electron chi connectivity index (χ4n) is 3.79. The molecule has 1 amide bonds. The highest BCUT2D eigenvalue weighted by atomic mass is 19.1. The molecule has 1 fully saturated rings. The van der Waals surface area contributed by atoms with Gasteiger partial charge in [0.25, 0.3) is 5.91 Å². The van der Waals surface area contributed by atoms with E-state index in [1.165, 1.54) is 0 Å². The normalized spacial score (nSPS) is 18.8. The summed E-state index contributed by atoms with van der Waals surface area (Å²) >= 11 is 0. The summed E-state index contributed by atoms with van der Waals surface area (Å²) in [5.41, 5.74) is 3.71. The van der Waals surface area contributed by atoms with Gasteiger partial charge in [-0.1, -0.05) is 0 Å². The number of hydrogen-bond donors (Lipinski definition) is 0. The lowest BCUT2D eigenvalue weighted by atomic mass is 10.3. The van der Waals surface area contributed by atoms with Crippen molar-refractivity contribution in [2.24, 2.45) is 0 Å². The Labute approximate surface area is 161 Å². The van der Waals surface area contributed by atoms with Gasteiger partial charge in [-0.15, -0.1) is 0 Å².